The summed E-state index contributed by atoms with van der Waals surface area (Å²) in [6.07, 6.45) is 4.67. The van der Waals surface area contributed by atoms with Crippen molar-refractivity contribution in [1.29, 1.82) is 0 Å². The first-order valence-electron chi connectivity index (χ1n) is 9.24. The molecule has 4 rings (SSSR count). The summed E-state index contributed by atoms with van der Waals surface area (Å²) in [6, 6.07) is 2.28. The lowest BCUT2D eigenvalue weighted by atomic mass is 9.85. The van der Waals surface area contributed by atoms with E-state index in [1.807, 2.05) is 11.4 Å². The number of aliphatic hydroxyl groups is 1. The second-order valence-corrected chi connectivity index (χ2v) is 8.02. The van der Waals surface area contributed by atoms with Crippen LogP contribution >= 0.6 is 11.3 Å². The topological polar surface area (TPSA) is 92.6 Å². The Bertz CT molecular complexity index is 959. The molecule has 1 amide bonds. The van der Waals surface area contributed by atoms with Gasteiger partial charge in [0.2, 0.25) is 0 Å². The van der Waals surface area contributed by atoms with Gasteiger partial charge in [-0.15, -0.1) is 11.3 Å². The van der Waals surface area contributed by atoms with E-state index in [1.54, 1.807) is 29.1 Å². The number of aliphatic hydroxyl groups excluding tert-OH is 1. The number of nitrogens with one attached hydrogen (secondary N) is 1. The Balaban J connectivity index is 1.62. The number of rotatable bonds is 4. The van der Waals surface area contributed by atoms with Gasteiger partial charge in [0.25, 0.3) is 5.65 Å². The highest BCUT2D eigenvalue weighted by Crippen LogP contribution is 2.32. The average molecular weight is 390 g/mol. The van der Waals surface area contributed by atoms with Gasteiger partial charge in [-0.1, -0.05) is 4.52 Å². The minimum atomic E-state index is -0.654. The lowest BCUT2D eigenvalue weighted by Gasteiger charge is -2.28. The van der Waals surface area contributed by atoms with Crippen LogP contribution in [0.15, 0.2) is 17.8 Å². The molecule has 0 radical (unpaired) electrons. The van der Waals surface area contributed by atoms with Gasteiger partial charge in [0, 0.05) is 6.54 Å². The minimum absolute atomic E-state index is 0.272. The summed E-state index contributed by atoms with van der Waals surface area (Å²) in [4.78, 5) is 15.7. The maximum atomic E-state index is 11.3. The molecular weight excluding hydrogens is 366 g/mol. The molecule has 0 aromatic carbocycles. The first kappa shape index (κ1) is 18.1. The van der Waals surface area contributed by atoms with E-state index in [0.717, 1.165) is 41.5 Å². The van der Waals surface area contributed by atoms with Crippen molar-refractivity contribution in [3.05, 3.63) is 23.6 Å². The van der Waals surface area contributed by atoms with Crippen molar-refractivity contribution in [3.63, 3.8) is 0 Å². The number of ether oxygens (including phenoxy) is 1. The molecule has 9 heteroatoms. The van der Waals surface area contributed by atoms with Crippen molar-refractivity contribution in [3.8, 4) is 0 Å². The third-order valence-electron chi connectivity index (χ3n) is 5.33. The molecule has 1 saturated carbocycles. The molecule has 1 aliphatic carbocycles. The fraction of sp³-hybridized carbons (Fsp3) is 0.556. The first-order chi connectivity index (χ1) is 13.1. The standard InChI is InChI=1S/C18H23N5O3S/c1-11(24)16-21-22-10-20-14-7-8-27-15(14)17(22)23(16)13-5-3-12(4-6-13)9-19-18(25)26-2/h7-8,10-13,24H,3-6,9H2,1-2H3/p+1/t11-,12?,13?/m1/s1. The number of methoxy groups -OCH3 is 1. The summed E-state index contributed by atoms with van der Waals surface area (Å²) < 4.78 is 9.72. The molecule has 0 aliphatic heterocycles. The average Bonchev–Trinajstić information content (AvgIpc) is 3.30. The summed E-state index contributed by atoms with van der Waals surface area (Å²) in [5, 5.41) is 19.8. The summed E-state index contributed by atoms with van der Waals surface area (Å²) in [5.74, 6) is 1.12. The molecule has 0 unspecified atom stereocenters. The van der Waals surface area contributed by atoms with Gasteiger partial charge in [-0.2, -0.15) is 0 Å². The number of aromatic nitrogens is 4. The second kappa shape index (κ2) is 7.40. The number of fused-ring (bicyclic) bond motifs is 3. The van der Waals surface area contributed by atoms with Crippen LogP contribution in [0.2, 0.25) is 0 Å². The van der Waals surface area contributed by atoms with E-state index in [9.17, 15) is 9.90 Å². The monoisotopic (exact) mass is 390 g/mol. The van der Waals surface area contributed by atoms with Gasteiger partial charge in [-0.25, -0.2) is 14.3 Å². The zero-order valence-electron chi connectivity index (χ0n) is 15.5. The molecule has 1 atom stereocenters. The number of carbonyl (C=O) groups excluding carboxylic acids is 1. The highest BCUT2D eigenvalue weighted by Gasteiger charge is 2.34. The number of carbonyl (C=O) groups is 1. The van der Waals surface area contributed by atoms with Crippen LogP contribution in [0.4, 0.5) is 4.79 Å². The number of nitrogens with zero attached hydrogens (tertiary/aromatic N) is 4. The van der Waals surface area contributed by atoms with E-state index >= 15 is 0 Å². The molecule has 27 heavy (non-hydrogen) atoms. The van der Waals surface area contributed by atoms with Crippen LogP contribution in [0.25, 0.3) is 15.9 Å². The van der Waals surface area contributed by atoms with Gasteiger partial charge in [-0.05, 0) is 50.0 Å². The van der Waals surface area contributed by atoms with Crippen molar-refractivity contribution in [2.24, 2.45) is 5.92 Å². The zero-order chi connectivity index (χ0) is 19.0. The van der Waals surface area contributed by atoms with E-state index in [4.69, 9.17) is 0 Å². The number of hydrogen-bond acceptors (Lipinski definition) is 6. The summed E-state index contributed by atoms with van der Waals surface area (Å²) in [6.45, 7) is 2.39. The molecule has 8 nitrogen and oxygen atoms in total. The van der Waals surface area contributed by atoms with E-state index in [2.05, 4.69) is 24.7 Å². The molecule has 0 bridgehead atoms. The molecule has 1 aliphatic rings. The maximum absolute atomic E-state index is 11.3. The van der Waals surface area contributed by atoms with Crippen molar-refractivity contribution < 1.29 is 19.2 Å². The third kappa shape index (κ3) is 3.37. The first-order valence-corrected chi connectivity index (χ1v) is 10.1. The molecule has 144 valence electrons. The predicted molar refractivity (Wildman–Crippen MR) is 101 cm³/mol. The molecule has 0 saturated heterocycles. The Morgan fingerprint density at radius 1 is 1.48 bits per heavy atom. The summed E-state index contributed by atoms with van der Waals surface area (Å²) in [5.41, 5.74) is 1.95. The zero-order valence-corrected chi connectivity index (χ0v) is 16.3. The molecule has 3 aromatic rings. The summed E-state index contributed by atoms with van der Waals surface area (Å²) in [7, 11) is 1.38. The van der Waals surface area contributed by atoms with E-state index < -0.39 is 6.10 Å². The highest BCUT2D eigenvalue weighted by atomic mass is 32.1. The quantitative estimate of drug-likeness (QED) is 0.667. The largest absolute Gasteiger partial charge is 0.453 e. The molecule has 0 spiro atoms. The van der Waals surface area contributed by atoms with E-state index in [0.29, 0.717) is 18.3 Å². The van der Waals surface area contributed by atoms with Crippen molar-refractivity contribution in [1.82, 2.24) is 19.9 Å². The second-order valence-electron chi connectivity index (χ2n) is 7.10. The van der Waals surface area contributed by atoms with Crippen LogP contribution < -0.4 is 9.88 Å². The number of thiophene rings is 1. The van der Waals surface area contributed by atoms with Crippen LogP contribution in [0.3, 0.4) is 0 Å². The van der Waals surface area contributed by atoms with Crippen LogP contribution in [-0.4, -0.2) is 39.5 Å². The normalized spacial score (nSPS) is 21.4. The predicted octanol–water partition coefficient (Wildman–Crippen LogP) is 2.37. The van der Waals surface area contributed by atoms with Gasteiger partial charge < -0.3 is 15.2 Å². The Morgan fingerprint density at radius 3 is 2.96 bits per heavy atom. The van der Waals surface area contributed by atoms with Gasteiger partial charge >= 0.3 is 11.9 Å². The van der Waals surface area contributed by atoms with Gasteiger partial charge in [-0.3, -0.25) is 0 Å². The van der Waals surface area contributed by atoms with E-state index in [-0.39, 0.29) is 12.1 Å². The van der Waals surface area contributed by atoms with Crippen LogP contribution in [0, 0.1) is 5.92 Å². The van der Waals surface area contributed by atoms with Crippen molar-refractivity contribution in [2.45, 2.75) is 44.8 Å². The van der Waals surface area contributed by atoms with Gasteiger partial charge in [0.1, 0.15) is 10.8 Å². The molecular formula is C18H24N5O3S+. The van der Waals surface area contributed by atoms with Gasteiger partial charge in [0.05, 0.1) is 23.8 Å². The minimum Gasteiger partial charge on any atom is -0.453 e. The maximum Gasteiger partial charge on any atom is 0.406 e. The van der Waals surface area contributed by atoms with Gasteiger partial charge in [0.15, 0.2) is 6.33 Å². The van der Waals surface area contributed by atoms with Crippen molar-refractivity contribution >= 4 is 33.3 Å². The SMILES string of the molecule is COC(=O)NCC1CCC([n+]2c([C@@H](C)O)nn3cnc4ccsc4c32)CC1. The molecule has 2 N–H and O–H groups in total. The molecule has 1 fully saturated rings. The van der Waals surface area contributed by atoms with Crippen LogP contribution in [-0.2, 0) is 4.74 Å². The van der Waals surface area contributed by atoms with E-state index in [1.165, 1.54) is 7.11 Å². The summed E-state index contributed by atoms with van der Waals surface area (Å²) >= 11 is 1.65. The highest BCUT2D eigenvalue weighted by molar-refractivity contribution is 7.17. The smallest absolute Gasteiger partial charge is 0.406 e. The van der Waals surface area contributed by atoms with Crippen LogP contribution in [0.5, 0.6) is 0 Å². The Hall–Kier alpha value is -2.26. The number of hydrogen-bond donors (Lipinski definition) is 2. The Labute approximate surface area is 160 Å². The lowest BCUT2D eigenvalue weighted by molar-refractivity contribution is -0.712. The third-order valence-corrected chi connectivity index (χ3v) is 6.23. The number of alkyl carbamates (subject to hydrolysis) is 1. The Morgan fingerprint density at radius 2 is 2.26 bits per heavy atom. The lowest BCUT2D eigenvalue weighted by Crippen LogP contribution is -2.45. The molecule has 3 heterocycles. The molecule has 3 aromatic heterocycles. The fourth-order valence-corrected chi connectivity index (χ4v) is 4.83. The van der Waals surface area contributed by atoms with Crippen molar-refractivity contribution in [2.75, 3.05) is 13.7 Å². The number of amides is 1. The fourth-order valence-electron chi connectivity index (χ4n) is 3.96. The Kier molecular flexibility index (Phi) is 4.96. The van der Waals surface area contributed by atoms with Crippen LogP contribution in [0.1, 0.15) is 50.6 Å².